The first-order chi connectivity index (χ1) is 21.6. The van der Waals surface area contributed by atoms with Crippen LogP contribution >= 0.6 is 21.5 Å². The lowest BCUT2D eigenvalue weighted by Crippen LogP contribution is -2.21. The van der Waals surface area contributed by atoms with Gasteiger partial charge in [-0.05, 0) is 17.3 Å². The highest BCUT2D eigenvalue weighted by molar-refractivity contribution is 7.94. The van der Waals surface area contributed by atoms with E-state index in [1.807, 2.05) is 7.05 Å². The lowest BCUT2D eigenvalue weighted by Gasteiger charge is -2.32. The fourth-order valence-electron chi connectivity index (χ4n) is 5.58. The van der Waals surface area contributed by atoms with E-state index >= 15 is 0 Å². The molecule has 6 heteroatoms. The van der Waals surface area contributed by atoms with Crippen molar-refractivity contribution in [3.05, 3.63) is 182 Å². The van der Waals surface area contributed by atoms with Crippen LogP contribution in [0.25, 0.3) is 0 Å². The van der Waals surface area contributed by atoms with Gasteiger partial charge in [-0.1, -0.05) is 182 Å². The Bertz CT molecular complexity index is 1850. The number of hydrogen-bond donors (Lipinski definition) is 0. The molecule has 0 saturated carbocycles. The van der Waals surface area contributed by atoms with Gasteiger partial charge in [-0.25, -0.2) is 9.03 Å². The second-order valence-corrected chi connectivity index (χ2v) is 19.8. The standard InChI is InChI=1S/C38H36N3P3/c1-39-43(35-25-13-5-14-26-35,36-27-15-6-16-28-36)41-44(37-29-17-7-18-30-37,38-31-19-8-20-32-38)40-42(2,33-21-9-3-10-22-33)34-23-11-4-12-24-34/h3-32H,1-2H3. The lowest BCUT2D eigenvalue weighted by molar-refractivity contribution is 1.47. The van der Waals surface area contributed by atoms with Crippen molar-refractivity contribution in [2.24, 2.45) is 13.8 Å². The summed E-state index contributed by atoms with van der Waals surface area (Å²) in [4.78, 5) is 0. The Kier molecular flexibility index (Phi) is 9.11. The van der Waals surface area contributed by atoms with Gasteiger partial charge in [-0.15, -0.1) is 0 Å². The Labute approximate surface area is 262 Å². The summed E-state index contributed by atoms with van der Waals surface area (Å²) in [5, 5.41) is 6.97. The molecule has 44 heavy (non-hydrogen) atoms. The van der Waals surface area contributed by atoms with Crippen LogP contribution in [0.5, 0.6) is 0 Å². The van der Waals surface area contributed by atoms with Crippen molar-refractivity contribution < 1.29 is 0 Å². The van der Waals surface area contributed by atoms with Crippen molar-refractivity contribution in [3.8, 4) is 0 Å². The highest BCUT2D eigenvalue weighted by Gasteiger charge is 2.34. The molecule has 218 valence electrons. The Morgan fingerprint density at radius 3 is 0.841 bits per heavy atom. The first-order valence-electron chi connectivity index (χ1n) is 14.7. The molecule has 3 nitrogen and oxygen atoms in total. The van der Waals surface area contributed by atoms with Gasteiger partial charge in [0.25, 0.3) is 0 Å². The van der Waals surface area contributed by atoms with E-state index in [1.54, 1.807) is 0 Å². The van der Waals surface area contributed by atoms with Gasteiger partial charge >= 0.3 is 0 Å². The average Bonchev–Trinajstić information content (AvgIpc) is 3.12. The van der Waals surface area contributed by atoms with Crippen molar-refractivity contribution in [2.45, 2.75) is 0 Å². The monoisotopic (exact) mass is 627 g/mol. The summed E-state index contributed by atoms with van der Waals surface area (Å²) >= 11 is 0. The van der Waals surface area contributed by atoms with Gasteiger partial charge in [0.05, 0.1) is 0 Å². The first kappa shape index (κ1) is 30.1. The Morgan fingerprint density at radius 1 is 0.318 bits per heavy atom. The fourth-order valence-corrected chi connectivity index (χ4v) is 18.4. The van der Waals surface area contributed by atoms with E-state index in [2.05, 4.69) is 189 Å². The largest absolute Gasteiger partial charge is 0.276 e. The molecule has 0 N–H and O–H groups in total. The summed E-state index contributed by atoms with van der Waals surface area (Å²) in [6.07, 6.45) is 0. The molecule has 0 unspecified atom stereocenters. The van der Waals surface area contributed by atoms with Gasteiger partial charge in [0.1, 0.15) is 14.4 Å². The highest BCUT2D eigenvalue weighted by atomic mass is 31.2. The van der Waals surface area contributed by atoms with E-state index in [0.29, 0.717) is 0 Å². The normalized spacial score (nSPS) is 11.9. The third-order valence-electron chi connectivity index (χ3n) is 7.84. The van der Waals surface area contributed by atoms with E-state index in [1.165, 1.54) is 10.6 Å². The van der Waals surface area contributed by atoms with Crippen LogP contribution in [-0.4, -0.2) is 13.7 Å². The molecule has 0 spiro atoms. The summed E-state index contributed by atoms with van der Waals surface area (Å²) in [7, 11) is -5.96. The zero-order chi connectivity index (χ0) is 30.3. The van der Waals surface area contributed by atoms with Crippen LogP contribution in [0.3, 0.4) is 0 Å². The molecule has 6 aromatic rings. The fraction of sp³-hybridized carbons (Fsp3) is 0.0526. The Balaban J connectivity index is 1.88. The molecule has 0 heterocycles. The van der Waals surface area contributed by atoms with E-state index in [4.69, 9.17) is 13.8 Å². The summed E-state index contributed by atoms with van der Waals surface area (Å²) in [5.74, 6) is 0. The van der Waals surface area contributed by atoms with Crippen LogP contribution in [-0.2, 0) is 0 Å². The van der Waals surface area contributed by atoms with Crippen molar-refractivity contribution >= 4 is 53.3 Å². The molecule has 6 rings (SSSR count). The number of rotatable bonds is 8. The van der Waals surface area contributed by atoms with E-state index in [9.17, 15) is 0 Å². The Hall–Kier alpha value is -3.99. The smallest absolute Gasteiger partial charge is 0.136 e. The third-order valence-corrected chi connectivity index (χ3v) is 19.6. The minimum Gasteiger partial charge on any atom is -0.276 e. The van der Waals surface area contributed by atoms with Gasteiger partial charge in [0.2, 0.25) is 0 Å². The first-order valence-corrected chi connectivity index (χ1v) is 20.3. The number of nitrogens with zero attached hydrogens (tertiary/aromatic N) is 3. The van der Waals surface area contributed by atoms with Gasteiger partial charge < -0.3 is 0 Å². The third kappa shape index (κ3) is 5.77. The van der Waals surface area contributed by atoms with Crippen LogP contribution in [0.15, 0.2) is 196 Å². The van der Waals surface area contributed by atoms with Crippen LogP contribution in [0, 0.1) is 0 Å². The molecule has 0 aliphatic rings. The van der Waals surface area contributed by atoms with Gasteiger partial charge in [0, 0.05) is 35.3 Å². The molecule has 0 aliphatic heterocycles. The Morgan fingerprint density at radius 2 is 0.568 bits per heavy atom. The highest BCUT2D eigenvalue weighted by Crippen LogP contribution is 2.66. The summed E-state index contributed by atoms with van der Waals surface area (Å²) in [5.41, 5.74) is 0. The molecule has 6 aromatic carbocycles. The van der Waals surface area contributed by atoms with Crippen molar-refractivity contribution in [1.29, 1.82) is 0 Å². The van der Waals surface area contributed by atoms with Gasteiger partial charge in [0.15, 0.2) is 0 Å². The zero-order valence-corrected chi connectivity index (χ0v) is 27.7. The second-order valence-electron chi connectivity index (χ2n) is 10.6. The molecule has 0 radical (unpaired) electrons. The van der Waals surface area contributed by atoms with Crippen molar-refractivity contribution in [1.82, 2.24) is 0 Å². The number of hydrogen-bond acceptors (Lipinski definition) is 1. The van der Waals surface area contributed by atoms with Crippen molar-refractivity contribution in [3.63, 3.8) is 0 Å². The molecule has 0 saturated heterocycles. The minimum atomic E-state index is -2.87. The molecular formula is C38H36N3P3. The topological polar surface area (TPSA) is 37.1 Å². The van der Waals surface area contributed by atoms with E-state index in [0.717, 1.165) is 21.2 Å². The molecule has 0 amide bonds. The molecule has 0 bridgehead atoms. The maximum atomic E-state index is 6.23. The average molecular weight is 628 g/mol. The van der Waals surface area contributed by atoms with Gasteiger partial charge in [-0.2, -0.15) is 0 Å². The number of benzene rings is 6. The SMILES string of the molecule is CN=P(N=P(N=P(C)(c1ccccc1)c1ccccc1)(c1ccccc1)c1ccccc1)(c1ccccc1)c1ccccc1. The maximum Gasteiger partial charge on any atom is 0.136 e. The molecule has 0 aromatic heterocycles. The van der Waals surface area contributed by atoms with Crippen LogP contribution in [0.2, 0.25) is 0 Å². The predicted octanol–water partition coefficient (Wildman–Crippen LogP) is 8.63. The van der Waals surface area contributed by atoms with Crippen LogP contribution in [0.4, 0.5) is 0 Å². The molecule has 0 aliphatic carbocycles. The van der Waals surface area contributed by atoms with Gasteiger partial charge in [-0.3, -0.25) is 4.74 Å². The van der Waals surface area contributed by atoms with E-state index in [-0.39, 0.29) is 0 Å². The maximum absolute atomic E-state index is 6.23. The summed E-state index contributed by atoms with van der Waals surface area (Å²) in [6, 6.07) is 64.3. The van der Waals surface area contributed by atoms with Crippen molar-refractivity contribution in [2.75, 3.05) is 13.7 Å². The second kappa shape index (κ2) is 13.3. The van der Waals surface area contributed by atoms with Crippen LogP contribution < -0.4 is 31.8 Å². The lowest BCUT2D eigenvalue weighted by atomic mass is 10.4. The zero-order valence-electron chi connectivity index (χ0n) is 25.0. The molecule has 0 atom stereocenters. The summed E-state index contributed by atoms with van der Waals surface area (Å²) in [6.45, 7) is 2.35. The molecule has 0 fully saturated rings. The predicted molar refractivity (Wildman–Crippen MR) is 196 cm³/mol. The minimum absolute atomic E-state index is 1.12. The quantitative estimate of drug-likeness (QED) is 0.152. The molecular weight excluding hydrogens is 591 g/mol. The van der Waals surface area contributed by atoms with E-state index < -0.39 is 21.5 Å². The van der Waals surface area contributed by atoms with Crippen LogP contribution in [0.1, 0.15) is 0 Å². The summed E-state index contributed by atoms with van der Waals surface area (Å²) < 4.78 is 17.7.